The molecule has 0 spiro atoms. The van der Waals surface area contributed by atoms with Crippen LogP contribution in [0.15, 0.2) is 84.9 Å². The van der Waals surface area contributed by atoms with Gasteiger partial charge >= 0.3 is 0 Å². The molecule has 0 aliphatic heterocycles. The molecule has 0 unspecified atom stereocenters. The van der Waals surface area contributed by atoms with Crippen molar-refractivity contribution in [3.63, 3.8) is 0 Å². The fraction of sp³-hybridized carbons (Fsp3) is 0.240. The normalized spacial score (nSPS) is 12.3. The topological polar surface area (TPSA) is 92.7 Å². The third kappa shape index (κ3) is 7.92. The van der Waals surface area contributed by atoms with Crippen LogP contribution >= 0.6 is 0 Å². The molecule has 0 radical (unpaired) electrons. The van der Waals surface area contributed by atoms with Gasteiger partial charge in [-0.25, -0.2) is 0 Å². The van der Waals surface area contributed by atoms with Gasteiger partial charge in [0.2, 0.25) is 0 Å². The number of carbonyl (C=O) groups is 1. The largest absolute Gasteiger partial charge is 0.489 e. The monoisotopic (exact) mass is 453 g/mol. The number of nitrogens with one attached hydrogen (secondary N) is 1. The Morgan fingerprint density at radius 2 is 1.47 bits per heavy atom. The second-order valence-corrected chi connectivity index (χ2v) is 9.05. The van der Waals surface area contributed by atoms with Gasteiger partial charge in [-0.3, -0.25) is 9.35 Å². The smallest absolute Gasteiger partial charge is 0.264 e. The van der Waals surface area contributed by atoms with Crippen LogP contribution in [0.1, 0.15) is 27.9 Å². The number of ether oxygens (including phenoxy) is 1. The molecule has 0 aliphatic carbocycles. The highest BCUT2D eigenvalue weighted by Gasteiger charge is 2.22. The van der Waals surface area contributed by atoms with Crippen LogP contribution in [-0.4, -0.2) is 37.1 Å². The van der Waals surface area contributed by atoms with Gasteiger partial charge in [-0.1, -0.05) is 60.7 Å². The summed E-state index contributed by atoms with van der Waals surface area (Å²) >= 11 is 0. The van der Waals surface area contributed by atoms with Crippen molar-refractivity contribution in [1.82, 2.24) is 5.32 Å². The van der Waals surface area contributed by atoms with Gasteiger partial charge in [0, 0.05) is 5.56 Å². The maximum atomic E-state index is 13.0. The summed E-state index contributed by atoms with van der Waals surface area (Å²) in [5, 5.41) is 3.14. The number of Topliss-reactive ketones (excluding diaryl/α,β-unsaturated/α-hetero) is 1. The maximum absolute atomic E-state index is 13.0. The molecule has 0 saturated carbocycles. The first-order valence-electron chi connectivity index (χ1n) is 10.4. The van der Waals surface area contributed by atoms with Gasteiger partial charge in [-0.2, -0.15) is 8.42 Å². The van der Waals surface area contributed by atoms with Crippen molar-refractivity contribution in [1.29, 1.82) is 0 Å². The van der Waals surface area contributed by atoms with E-state index < -0.39 is 21.9 Å². The lowest BCUT2D eigenvalue weighted by molar-refractivity contribution is 0.0941. The van der Waals surface area contributed by atoms with Gasteiger partial charge in [-0.15, -0.1) is 0 Å². The summed E-state index contributed by atoms with van der Waals surface area (Å²) in [6.07, 6.45) is 0.682. The quantitative estimate of drug-likeness (QED) is 0.319. The maximum Gasteiger partial charge on any atom is 0.264 e. The van der Waals surface area contributed by atoms with E-state index in [9.17, 15) is 13.2 Å². The van der Waals surface area contributed by atoms with Gasteiger partial charge in [0.15, 0.2) is 5.78 Å². The number of hydrogen-bond donors (Lipinski definition) is 2. The second-order valence-electron chi connectivity index (χ2n) is 7.48. The highest BCUT2D eigenvalue weighted by Crippen LogP contribution is 2.16. The Hall–Kier alpha value is -3.00. The van der Waals surface area contributed by atoms with Crippen LogP contribution in [0.3, 0.4) is 0 Å². The summed E-state index contributed by atoms with van der Waals surface area (Å²) in [4.78, 5) is 13.0. The molecular formula is C25H27NO5S. The molecule has 7 heteroatoms. The summed E-state index contributed by atoms with van der Waals surface area (Å²) in [7, 11) is -4.16. The van der Waals surface area contributed by atoms with Crippen LogP contribution in [0.5, 0.6) is 5.75 Å². The molecule has 6 nitrogen and oxygen atoms in total. The highest BCUT2D eigenvalue weighted by molar-refractivity contribution is 7.85. The van der Waals surface area contributed by atoms with Gasteiger partial charge < -0.3 is 10.1 Å². The van der Waals surface area contributed by atoms with E-state index in [2.05, 4.69) is 5.32 Å². The van der Waals surface area contributed by atoms with Gasteiger partial charge in [0.05, 0.1) is 11.8 Å². The number of benzene rings is 3. The first-order valence-corrected chi connectivity index (χ1v) is 12.0. The number of carbonyl (C=O) groups excluding carboxylic acids is 1. The Balaban J connectivity index is 1.61. The highest BCUT2D eigenvalue weighted by atomic mass is 32.2. The minimum absolute atomic E-state index is 0.0152. The van der Waals surface area contributed by atoms with Crippen LogP contribution in [0.25, 0.3) is 0 Å². The van der Waals surface area contributed by atoms with Crippen LogP contribution in [0, 0.1) is 0 Å². The lowest BCUT2D eigenvalue weighted by atomic mass is 10.0. The molecule has 1 atom stereocenters. The molecule has 3 aromatic carbocycles. The van der Waals surface area contributed by atoms with Gasteiger partial charge in [-0.05, 0) is 54.8 Å². The first-order chi connectivity index (χ1) is 15.4. The van der Waals surface area contributed by atoms with Crippen LogP contribution in [-0.2, 0) is 23.1 Å². The Bertz CT molecular complexity index is 1080. The molecule has 0 bridgehead atoms. The van der Waals surface area contributed by atoms with Crippen molar-refractivity contribution in [2.75, 3.05) is 12.3 Å². The summed E-state index contributed by atoms with van der Waals surface area (Å²) in [6.45, 7) is 0.927. The molecule has 0 fully saturated rings. The summed E-state index contributed by atoms with van der Waals surface area (Å²) < 4.78 is 37.3. The summed E-state index contributed by atoms with van der Waals surface area (Å²) in [5.74, 6) is -0.0757. The zero-order valence-corrected chi connectivity index (χ0v) is 18.5. The van der Waals surface area contributed by atoms with Crippen molar-refractivity contribution in [3.8, 4) is 5.75 Å². The van der Waals surface area contributed by atoms with Crippen molar-refractivity contribution >= 4 is 15.9 Å². The van der Waals surface area contributed by atoms with Crippen molar-refractivity contribution in [2.24, 2.45) is 0 Å². The zero-order chi connectivity index (χ0) is 22.8. The van der Waals surface area contributed by atoms with E-state index in [1.807, 2.05) is 60.7 Å². The third-order valence-electron chi connectivity index (χ3n) is 5.02. The number of ketones is 1. The molecular weight excluding hydrogens is 426 g/mol. The minimum Gasteiger partial charge on any atom is -0.489 e. The molecule has 0 aromatic heterocycles. The van der Waals surface area contributed by atoms with Crippen LogP contribution < -0.4 is 10.1 Å². The number of hydrogen-bond acceptors (Lipinski definition) is 5. The molecule has 2 N–H and O–H groups in total. The molecule has 0 amide bonds. The Morgan fingerprint density at radius 3 is 2.06 bits per heavy atom. The van der Waals surface area contributed by atoms with E-state index in [1.165, 1.54) is 0 Å². The lowest BCUT2D eigenvalue weighted by Gasteiger charge is -2.17. The van der Waals surface area contributed by atoms with Crippen LogP contribution in [0.4, 0.5) is 0 Å². The number of rotatable bonds is 12. The lowest BCUT2D eigenvalue weighted by Crippen LogP contribution is -2.39. The SMILES string of the molecule is O=C(c1ccc(OCc2ccccc2)cc1)[C@H](CCS(=O)(=O)O)NCCc1ccccc1. The Morgan fingerprint density at radius 1 is 0.875 bits per heavy atom. The molecule has 168 valence electrons. The minimum atomic E-state index is -4.16. The van der Waals surface area contributed by atoms with Crippen molar-refractivity contribution in [2.45, 2.75) is 25.5 Å². The van der Waals surface area contributed by atoms with E-state index in [1.54, 1.807) is 24.3 Å². The van der Waals surface area contributed by atoms with Gasteiger partial charge in [0.25, 0.3) is 10.1 Å². The predicted octanol–water partition coefficient (Wildman–Crippen LogP) is 3.93. The molecule has 0 heterocycles. The fourth-order valence-corrected chi connectivity index (χ4v) is 3.82. The van der Waals surface area contributed by atoms with E-state index >= 15 is 0 Å². The second kappa shape index (κ2) is 11.6. The van der Waals surface area contributed by atoms with Crippen molar-refractivity contribution in [3.05, 3.63) is 102 Å². The van der Waals surface area contributed by atoms with E-state index in [4.69, 9.17) is 9.29 Å². The molecule has 32 heavy (non-hydrogen) atoms. The molecule has 0 aliphatic rings. The molecule has 3 rings (SSSR count). The third-order valence-corrected chi connectivity index (χ3v) is 5.77. The van der Waals surface area contributed by atoms with E-state index in [0.29, 0.717) is 30.9 Å². The predicted molar refractivity (Wildman–Crippen MR) is 125 cm³/mol. The molecule has 0 saturated heterocycles. The Kier molecular flexibility index (Phi) is 8.56. The zero-order valence-electron chi connectivity index (χ0n) is 17.7. The van der Waals surface area contributed by atoms with Gasteiger partial charge in [0.1, 0.15) is 12.4 Å². The standard InChI is InChI=1S/C25H27NO5S/c27-25(22-11-13-23(14-12-22)31-19-21-9-5-2-6-10-21)24(16-18-32(28,29)30)26-17-15-20-7-3-1-4-8-20/h1-14,24,26H,15-19H2,(H,28,29,30)/t24-/m0/s1. The van der Waals surface area contributed by atoms with Crippen LogP contribution in [0.2, 0.25) is 0 Å². The van der Waals surface area contributed by atoms with E-state index in [-0.39, 0.29) is 12.2 Å². The van der Waals surface area contributed by atoms with E-state index in [0.717, 1.165) is 11.1 Å². The summed E-state index contributed by atoms with van der Waals surface area (Å²) in [6, 6.07) is 25.6. The average Bonchev–Trinajstić information content (AvgIpc) is 2.80. The Labute approximate surface area is 189 Å². The fourth-order valence-electron chi connectivity index (χ4n) is 3.29. The molecule has 3 aromatic rings. The van der Waals surface area contributed by atoms with Crippen molar-refractivity contribution < 1.29 is 22.5 Å². The average molecular weight is 454 g/mol. The summed E-state index contributed by atoms with van der Waals surface area (Å²) in [5.41, 5.74) is 2.60. The first kappa shape index (κ1) is 23.7.